The highest BCUT2D eigenvalue weighted by Crippen LogP contribution is 2.37. The fraction of sp³-hybridized carbons (Fsp3) is 0.706. The Morgan fingerprint density at radius 2 is 1.85 bits per heavy atom. The van der Waals surface area contributed by atoms with Crippen molar-refractivity contribution < 1.29 is 8.78 Å². The highest BCUT2D eigenvalue weighted by molar-refractivity contribution is 5.17. The zero-order chi connectivity index (χ0) is 14.4. The standard InChI is InChI=1S/C17H25F2N/c1-2-3-4-5-6-13-7-9-14(10-8-13)15-11-16(18)17(19)20-12-15/h11-14H,2-10H2,1H3. The predicted molar refractivity (Wildman–Crippen MR) is 77.6 cm³/mol. The topological polar surface area (TPSA) is 12.9 Å². The van der Waals surface area contributed by atoms with Gasteiger partial charge in [0.2, 0.25) is 5.95 Å². The van der Waals surface area contributed by atoms with Crippen LogP contribution >= 0.6 is 0 Å². The molecule has 3 heteroatoms. The molecule has 112 valence electrons. The molecule has 1 nitrogen and oxygen atoms in total. The molecule has 0 aliphatic heterocycles. The summed E-state index contributed by atoms with van der Waals surface area (Å²) in [6.07, 6.45) is 12.8. The largest absolute Gasteiger partial charge is 0.248 e. The predicted octanol–water partition coefficient (Wildman–Crippen LogP) is 5.60. The zero-order valence-electron chi connectivity index (χ0n) is 12.4. The molecule has 1 heterocycles. The van der Waals surface area contributed by atoms with E-state index in [9.17, 15) is 8.78 Å². The Kier molecular flexibility index (Phi) is 5.93. The van der Waals surface area contributed by atoms with Crippen molar-refractivity contribution in [1.29, 1.82) is 0 Å². The van der Waals surface area contributed by atoms with Crippen molar-refractivity contribution >= 4 is 0 Å². The molecule has 1 aromatic rings. The molecule has 0 saturated heterocycles. The average molecular weight is 281 g/mol. The van der Waals surface area contributed by atoms with Gasteiger partial charge in [0.15, 0.2) is 5.82 Å². The van der Waals surface area contributed by atoms with Crippen molar-refractivity contribution in [3.05, 3.63) is 29.6 Å². The maximum absolute atomic E-state index is 13.2. The van der Waals surface area contributed by atoms with E-state index in [2.05, 4.69) is 11.9 Å². The second-order valence-corrected chi connectivity index (χ2v) is 6.11. The lowest BCUT2D eigenvalue weighted by molar-refractivity contribution is 0.301. The summed E-state index contributed by atoms with van der Waals surface area (Å²) in [4.78, 5) is 3.50. The minimum Gasteiger partial charge on any atom is -0.225 e. The van der Waals surface area contributed by atoms with Gasteiger partial charge in [-0.3, -0.25) is 0 Å². The lowest BCUT2D eigenvalue weighted by Gasteiger charge is -2.28. The van der Waals surface area contributed by atoms with E-state index >= 15 is 0 Å². The normalized spacial score (nSPS) is 22.9. The number of hydrogen-bond acceptors (Lipinski definition) is 1. The highest BCUT2D eigenvalue weighted by atomic mass is 19.2. The molecule has 1 aromatic heterocycles. The van der Waals surface area contributed by atoms with Crippen LogP contribution in [0.1, 0.15) is 76.2 Å². The maximum Gasteiger partial charge on any atom is 0.248 e. The molecule has 20 heavy (non-hydrogen) atoms. The minimum atomic E-state index is -0.988. The van der Waals surface area contributed by atoms with Crippen molar-refractivity contribution in [3.63, 3.8) is 0 Å². The van der Waals surface area contributed by atoms with Crippen LogP contribution in [-0.2, 0) is 0 Å². The summed E-state index contributed by atoms with van der Waals surface area (Å²) in [7, 11) is 0. The van der Waals surface area contributed by atoms with Crippen LogP contribution in [0.15, 0.2) is 12.3 Å². The summed E-state index contributed by atoms with van der Waals surface area (Å²) >= 11 is 0. The number of hydrogen-bond donors (Lipinski definition) is 0. The molecule has 1 aliphatic carbocycles. The number of pyridine rings is 1. The zero-order valence-corrected chi connectivity index (χ0v) is 12.4. The van der Waals surface area contributed by atoms with Gasteiger partial charge in [0.25, 0.3) is 0 Å². The van der Waals surface area contributed by atoms with Crippen LogP contribution in [0.2, 0.25) is 0 Å². The first-order valence-electron chi connectivity index (χ1n) is 8.01. The van der Waals surface area contributed by atoms with E-state index in [0.29, 0.717) is 5.92 Å². The first-order chi connectivity index (χ1) is 9.70. The van der Waals surface area contributed by atoms with Gasteiger partial charge in [0.05, 0.1) is 0 Å². The molecule has 1 aliphatic rings. The molecule has 0 atom stereocenters. The van der Waals surface area contributed by atoms with E-state index < -0.39 is 11.8 Å². The van der Waals surface area contributed by atoms with Crippen LogP contribution in [0.25, 0.3) is 0 Å². The van der Waals surface area contributed by atoms with Crippen LogP contribution in [0.3, 0.4) is 0 Å². The van der Waals surface area contributed by atoms with Gasteiger partial charge in [-0.2, -0.15) is 4.39 Å². The van der Waals surface area contributed by atoms with Gasteiger partial charge in [0.1, 0.15) is 0 Å². The van der Waals surface area contributed by atoms with E-state index in [1.165, 1.54) is 57.2 Å². The third kappa shape index (κ3) is 4.26. The van der Waals surface area contributed by atoms with E-state index in [4.69, 9.17) is 0 Å². The quantitative estimate of drug-likeness (QED) is 0.488. The molecule has 0 spiro atoms. The monoisotopic (exact) mass is 281 g/mol. The van der Waals surface area contributed by atoms with Crippen LogP contribution < -0.4 is 0 Å². The first-order valence-corrected chi connectivity index (χ1v) is 8.01. The van der Waals surface area contributed by atoms with Crippen molar-refractivity contribution in [2.75, 3.05) is 0 Å². The lowest BCUT2D eigenvalue weighted by Crippen LogP contribution is -2.14. The third-order valence-electron chi connectivity index (χ3n) is 4.60. The van der Waals surface area contributed by atoms with Crippen molar-refractivity contribution in [2.45, 2.75) is 70.6 Å². The molecule has 0 bridgehead atoms. The summed E-state index contributed by atoms with van der Waals surface area (Å²) < 4.78 is 26.1. The fourth-order valence-electron chi connectivity index (χ4n) is 3.30. The fourth-order valence-corrected chi connectivity index (χ4v) is 3.30. The van der Waals surface area contributed by atoms with E-state index in [-0.39, 0.29) is 0 Å². The molecule has 0 aromatic carbocycles. The summed E-state index contributed by atoms with van der Waals surface area (Å²) in [6, 6.07) is 1.33. The SMILES string of the molecule is CCCCCCC1CCC(c2cnc(F)c(F)c2)CC1. The van der Waals surface area contributed by atoms with Gasteiger partial charge in [-0.1, -0.05) is 39.0 Å². The molecular formula is C17H25F2N. The maximum atomic E-state index is 13.2. The molecule has 2 rings (SSSR count). The van der Waals surface area contributed by atoms with Crippen LogP contribution in [0.5, 0.6) is 0 Å². The molecule has 0 unspecified atom stereocenters. The molecule has 0 N–H and O–H groups in total. The van der Waals surface area contributed by atoms with Gasteiger partial charge in [-0.05, 0) is 49.1 Å². The number of rotatable bonds is 6. The molecule has 1 fully saturated rings. The Morgan fingerprint density at radius 1 is 1.10 bits per heavy atom. The molecule has 1 saturated carbocycles. The number of halogens is 2. The summed E-state index contributed by atoms with van der Waals surface area (Å²) in [5.74, 6) is -0.603. The number of aromatic nitrogens is 1. The number of unbranched alkanes of at least 4 members (excludes halogenated alkanes) is 3. The third-order valence-corrected chi connectivity index (χ3v) is 4.60. The lowest BCUT2D eigenvalue weighted by atomic mass is 9.77. The van der Waals surface area contributed by atoms with Crippen LogP contribution in [0.4, 0.5) is 8.78 Å². The van der Waals surface area contributed by atoms with Gasteiger partial charge < -0.3 is 0 Å². The van der Waals surface area contributed by atoms with Crippen molar-refractivity contribution in [3.8, 4) is 0 Å². The van der Waals surface area contributed by atoms with Gasteiger partial charge in [0, 0.05) is 6.20 Å². The smallest absolute Gasteiger partial charge is 0.225 e. The van der Waals surface area contributed by atoms with Gasteiger partial charge >= 0.3 is 0 Å². The van der Waals surface area contributed by atoms with Crippen LogP contribution in [-0.4, -0.2) is 4.98 Å². The number of nitrogens with zero attached hydrogens (tertiary/aromatic N) is 1. The van der Waals surface area contributed by atoms with E-state index in [1.807, 2.05) is 0 Å². The Labute approximate surface area is 120 Å². The Morgan fingerprint density at radius 3 is 2.50 bits per heavy atom. The van der Waals surface area contributed by atoms with E-state index in [1.54, 1.807) is 0 Å². The van der Waals surface area contributed by atoms with Gasteiger partial charge in [-0.15, -0.1) is 0 Å². The summed E-state index contributed by atoms with van der Waals surface area (Å²) in [5.41, 5.74) is 0.869. The van der Waals surface area contributed by atoms with Crippen LogP contribution in [0, 0.1) is 17.7 Å². The molecule has 0 radical (unpaired) electrons. The Bertz CT molecular complexity index is 411. The average Bonchev–Trinajstić information content (AvgIpc) is 2.47. The summed E-state index contributed by atoms with van der Waals surface area (Å²) in [6.45, 7) is 2.24. The Hall–Kier alpha value is -0.990. The van der Waals surface area contributed by atoms with E-state index in [0.717, 1.165) is 24.3 Å². The molecular weight excluding hydrogens is 256 g/mol. The first kappa shape index (κ1) is 15.4. The minimum absolute atomic E-state index is 0.365. The molecule has 0 amide bonds. The highest BCUT2D eigenvalue weighted by Gasteiger charge is 2.23. The second-order valence-electron chi connectivity index (χ2n) is 6.11. The Balaban J connectivity index is 1.77. The van der Waals surface area contributed by atoms with Gasteiger partial charge in [-0.25, -0.2) is 9.37 Å². The summed E-state index contributed by atoms with van der Waals surface area (Å²) in [5, 5.41) is 0. The second kappa shape index (κ2) is 7.70. The van der Waals surface area contributed by atoms with Crippen molar-refractivity contribution in [2.24, 2.45) is 5.92 Å². The van der Waals surface area contributed by atoms with Crippen molar-refractivity contribution in [1.82, 2.24) is 4.98 Å².